The summed E-state index contributed by atoms with van der Waals surface area (Å²) in [5.41, 5.74) is 0.431. The van der Waals surface area contributed by atoms with Crippen LogP contribution in [0.4, 0.5) is 4.39 Å². The van der Waals surface area contributed by atoms with Crippen LogP contribution in [0.25, 0.3) is 0 Å². The molecule has 1 saturated carbocycles. The number of nitrogens with zero attached hydrogens (tertiary/aromatic N) is 2. The third-order valence-corrected chi connectivity index (χ3v) is 11.5. The molecule has 3 unspecified atom stereocenters. The molecule has 54 heavy (non-hydrogen) atoms. The van der Waals surface area contributed by atoms with E-state index >= 15 is 0 Å². The molecule has 11 atom stereocenters. The predicted octanol–water partition coefficient (Wildman–Crippen LogP) is 3.24. The molecular weight excluding hydrogens is 697 g/mol. The summed E-state index contributed by atoms with van der Waals surface area (Å²) in [5, 5.41) is 18.5. The summed E-state index contributed by atoms with van der Waals surface area (Å²) < 4.78 is 25.7. The summed E-state index contributed by atoms with van der Waals surface area (Å²) in [6.45, 7) is 13.3. The van der Waals surface area contributed by atoms with Gasteiger partial charge in [-0.05, 0) is 61.3 Å². The van der Waals surface area contributed by atoms with E-state index < -0.39 is 66.0 Å². The van der Waals surface area contributed by atoms with Gasteiger partial charge in [-0.25, -0.2) is 9.18 Å². The highest BCUT2D eigenvalue weighted by molar-refractivity contribution is 5.90. The van der Waals surface area contributed by atoms with E-state index in [4.69, 9.17) is 9.47 Å². The second-order valence-electron chi connectivity index (χ2n) is 15.9. The molecule has 1 aliphatic heterocycles. The maximum atomic E-state index is 14.4. The molecule has 1 heterocycles. The van der Waals surface area contributed by atoms with Gasteiger partial charge in [0.05, 0.1) is 42.7 Å². The number of aliphatic carboxylic acids is 1. The van der Waals surface area contributed by atoms with Gasteiger partial charge in [0.25, 0.3) is 0 Å². The number of ether oxygens (including phenoxy) is 2. The highest BCUT2D eigenvalue weighted by Crippen LogP contribution is 2.50. The van der Waals surface area contributed by atoms with Crippen LogP contribution in [0.5, 0.6) is 0 Å². The summed E-state index contributed by atoms with van der Waals surface area (Å²) in [5.74, 6) is -3.84. The monoisotopic (exact) mass is 761 g/mol. The molecule has 2 aliphatic rings. The average molecular weight is 762 g/mol. The van der Waals surface area contributed by atoms with Gasteiger partial charge in [-0.3, -0.25) is 19.2 Å². The van der Waals surface area contributed by atoms with Gasteiger partial charge in [0, 0.05) is 33.7 Å². The molecule has 4 amide bonds. The minimum Gasteiger partial charge on any atom is -0.480 e. The molecule has 1 aromatic carbocycles. The molecule has 1 aliphatic carbocycles. The van der Waals surface area contributed by atoms with Crippen molar-refractivity contribution in [2.75, 3.05) is 28.3 Å². The van der Waals surface area contributed by atoms with Crippen molar-refractivity contribution >= 4 is 29.6 Å². The lowest BCUT2D eigenvalue weighted by Crippen LogP contribution is -2.59. The maximum absolute atomic E-state index is 14.4. The minimum absolute atomic E-state index is 0.0105. The van der Waals surface area contributed by atoms with E-state index in [9.17, 15) is 33.5 Å². The number of rotatable bonds is 21. The number of hydrogen-bond acceptors (Lipinski definition) is 8. The molecule has 0 radical (unpaired) electrons. The summed E-state index contributed by atoms with van der Waals surface area (Å²) in [4.78, 5) is 70.8. The van der Waals surface area contributed by atoms with E-state index in [1.807, 2.05) is 46.4 Å². The van der Waals surface area contributed by atoms with E-state index in [1.54, 1.807) is 32.0 Å². The van der Waals surface area contributed by atoms with Crippen molar-refractivity contribution in [2.24, 2.45) is 29.6 Å². The number of carboxylic acids is 1. The number of nitrogens with one attached hydrogen (secondary N) is 3. The number of benzene rings is 1. The summed E-state index contributed by atoms with van der Waals surface area (Å²) in [6.07, 6.45) is 0.626. The summed E-state index contributed by atoms with van der Waals surface area (Å²) >= 11 is 0. The van der Waals surface area contributed by atoms with E-state index in [-0.39, 0.29) is 60.3 Å². The van der Waals surface area contributed by atoms with Crippen LogP contribution >= 0.6 is 0 Å². The van der Waals surface area contributed by atoms with Gasteiger partial charge in [-0.1, -0.05) is 67.0 Å². The zero-order valence-corrected chi connectivity index (χ0v) is 33.9. The Hall–Kier alpha value is -3.62. The normalized spacial score (nSPS) is 22.3. The van der Waals surface area contributed by atoms with Crippen molar-refractivity contribution in [3.05, 3.63) is 35.6 Å². The fourth-order valence-corrected chi connectivity index (χ4v) is 8.15. The van der Waals surface area contributed by atoms with E-state index in [2.05, 4.69) is 16.0 Å². The highest BCUT2D eigenvalue weighted by Gasteiger charge is 2.57. The highest BCUT2D eigenvalue weighted by atomic mass is 19.1. The molecule has 304 valence electrons. The van der Waals surface area contributed by atoms with Crippen LogP contribution in [0.2, 0.25) is 0 Å². The van der Waals surface area contributed by atoms with Crippen LogP contribution in [0.15, 0.2) is 24.3 Å². The summed E-state index contributed by atoms with van der Waals surface area (Å²) in [7, 11) is 6.42. The Morgan fingerprint density at radius 1 is 0.963 bits per heavy atom. The number of carboxylic acid groups (broad SMARTS) is 1. The number of likely N-dealkylation sites (tertiary alicyclic amines) is 1. The van der Waals surface area contributed by atoms with Crippen molar-refractivity contribution < 1.29 is 42.9 Å². The van der Waals surface area contributed by atoms with E-state index in [0.717, 1.165) is 6.42 Å². The van der Waals surface area contributed by atoms with Gasteiger partial charge < -0.3 is 40.3 Å². The van der Waals surface area contributed by atoms with E-state index in [1.165, 1.54) is 32.4 Å². The van der Waals surface area contributed by atoms with Crippen LogP contribution < -0.4 is 16.0 Å². The number of hydrogen-bond donors (Lipinski definition) is 4. The summed E-state index contributed by atoms with van der Waals surface area (Å²) in [6, 6.07) is 2.06. The molecule has 1 saturated heterocycles. The molecule has 0 spiro atoms. The van der Waals surface area contributed by atoms with Crippen LogP contribution in [-0.2, 0) is 39.9 Å². The van der Waals surface area contributed by atoms with Crippen molar-refractivity contribution in [1.82, 2.24) is 25.8 Å². The number of fused-ring (bicyclic) bond motifs is 1. The van der Waals surface area contributed by atoms with Crippen molar-refractivity contribution in [3.8, 4) is 0 Å². The SMILES string of the molecule is CC[C@H](C)[C@@H]([C@@H](CC(=O)N1[C@H]2C[C@H]2C[C@H]1[C@H](OC)[C@@H](C)C(=O)NC(Cc1cccc(F)c1)C(=O)O)OC)N(C)C(=O)C(NC(=O)C(NC)C(C)C)C(C)C. The zero-order valence-electron chi connectivity index (χ0n) is 33.9. The van der Waals surface area contributed by atoms with Gasteiger partial charge >= 0.3 is 5.97 Å². The second-order valence-corrected chi connectivity index (χ2v) is 15.9. The zero-order chi connectivity index (χ0) is 40.6. The maximum Gasteiger partial charge on any atom is 0.326 e. The number of piperidine rings is 1. The quantitative estimate of drug-likeness (QED) is 0.147. The molecule has 13 nitrogen and oxygen atoms in total. The van der Waals surface area contributed by atoms with Crippen molar-refractivity contribution in [1.29, 1.82) is 0 Å². The molecule has 1 aromatic rings. The van der Waals surface area contributed by atoms with Crippen molar-refractivity contribution in [2.45, 2.75) is 129 Å². The Morgan fingerprint density at radius 3 is 2.13 bits per heavy atom. The number of methoxy groups -OCH3 is 2. The number of likely N-dealkylation sites (N-methyl/N-ethyl adjacent to an activating group) is 2. The Labute approximate surface area is 320 Å². The first-order valence-electron chi connectivity index (χ1n) is 19.3. The van der Waals surface area contributed by atoms with Crippen molar-refractivity contribution in [3.63, 3.8) is 0 Å². The Kier molecular flexibility index (Phi) is 16.4. The molecular formula is C40H64FN5O8. The first kappa shape index (κ1) is 44.8. The van der Waals surface area contributed by atoms with Gasteiger partial charge in [0.2, 0.25) is 23.6 Å². The molecule has 3 rings (SSSR count). The topological polar surface area (TPSA) is 167 Å². The molecule has 4 N–H and O–H groups in total. The number of carbonyl (C=O) groups excluding carboxylic acids is 4. The Balaban J connectivity index is 1.80. The average Bonchev–Trinajstić information content (AvgIpc) is 3.78. The van der Waals surface area contributed by atoms with Gasteiger partial charge in [-0.15, -0.1) is 0 Å². The van der Waals surface area contributed by atoms with Crippen LogP contribution in [-0.4, -0.2) is 121 Å². The number of amides is 4. The fourth-order valence-electron chi connectivity index (χ4n) is 8.15. The predicted molar refractivity (Wildman–Crippen MR) is 203 cm³/mol. The second kappa shape index (κ2) is 19.8. The first-order valence-corrected chi connectivity index (χ1v) is 19.3. The van der Waals surface area contributed by atoms with E-state index in [0.29, 0.717) is 18.4 Å². The molecule has 2 fully saturated rings. The smallest absolute Gasteiger partial charge is 0.326 e. The van der Waals surface area contributed by atoms with Crippen LogP contribution in [0.1, 0.15) is 79.7 Å². The third kappa shape index (κ3) is 10.8. The van der Waals surface area contributed by atoms with Crippen LogP contribution in [0, 0.1) is 35.4 Å². The lowest BCUT2D eigenvalue weighted by molar-refractivity contribution is -0.149. The molecule has 0 aromatic heterocycles. The largest absolute Gasteiger partial charge is 0.480 e. The van der Waals surface area contributed by atoms with Crippen LogP contribution in [0.3, 0.4) is 0 Å². The molecule has 0 bridgehead atoms. The third-order valence-electron chi connectivity index (χ3n) is 11.5. The van der Waals surface area contributed by atoms with Gasteiger partial charge in [-0.2, -0.15) is 0 Å². The fraction of sp³-hybridized carbons (Fsp3) is 0.725. The Morgan fingerprint density at radius 2 is 1.61 bits per heavy atom. The van der Waals surface area contributed by atoms with Gasteiger partial charge in [0.1, 0.15) is 17.9 Å². The van der Waals surface area contributed by atoms with Gasteiger partial charge in [0.15, 0.2) is 0 Å². The lowest BCUT2D eigenvalue weighted by atomic mass is 9.89. The minimum atomic E-state index is -1.29. The lowest BCUT2D eigenvalue weighted by Gasteiger charge is -2.41. The number of halogens is 1. The Bertz CT molecular complexity index is 1460. The first-order chi connectivity index (χ1) is 25.4. The molecule has 14 heteroatoms. The standard InChI is InChI=1S/C40H64FN5O8/c1-12-23(6)35(45(9)39(50)34(22(4)5)44-38(49)33(42-8)21(2)3)31(53-10)20-32(47)46-29-18-26(29)19-30(46)36(54-11)24(7)37(48)43-28(40(51)52)17-25-14-13-15-27(41)16-25/h13-16,21-24,26,28-31,33-36,42H,12,17-20H2,1-11H3,(H,43,48)(H,44,49)(H,51,52)/t23-,24+,26-,28?,29-,30-,31+,33?,34?,35-,36+/m0/s1. The number of carbonyl (C=O) groups is 5.